The molecule has 0 fully saturated rings. The van der Waals surface area contributed by atoms with Crippen molar-refractivity contribution < 1.29 is 9.01 Å². The Kier molecular flexibility index (Phi) is 23.8. The van der Waals surface area contributed by atoms with Crippen molar-refractivity contribution in [3.05, 3.63) is 12.2 Å². The van der Waals surface area contributed by atoms with Crippen molar-refractivity contribution in [2.75, 3.05) is 40.5 Å². The van der Waals surface area contributed by atoms with Gasteiger partial charge < -0.3 is 17.8 Å². The highest BCUT2D eigenvalue weighted by atomic mass is 31.1. The van der Waals surface area contributed by atoms with Crippen LogP contribution in [0, 0.1) is 0 Å². The fraction of sp³-hybridized carbons (Fsp3) is 0.926. The van der Waals surface area contributed by atoms with E-state index in [2.05, 4.69) is 40.2 Å². The minimum absolute atomic E-state index is 0.889. The Bertz CT molecular complexity index is 351. The van der Waals surface area contributed by atoms with Crippen LogP contribution in [0.3, 0.4) is 0 Å². The molecule has 0 amide bonds. The molecule has 0 rings (SSSR count). The van der Waals surface area contributed by atoms with E-state index in [4.69, 9.17) is 4.52 Å². The van der Waals surface area contributed by atoms with Gasteiger partial charge in [-0.15, -0.1) is 0 Å². The maximum Gasteiger partial charge on any atom is 0.0989 e. The maximum absolute atomic E-state index is 5.70. The third kappa shape index (κ3) is 28.1. The molecule has 0 spiro atoms. The molecule has 0 radical (unpaired) electrons. The van der Waals surface area contributed by atoms with Gasteiger partial charge in [0.15, 0.2) is 0 Å². The molecule has 0 saturated heterocycles. The van der Waals surface area contributed by atoms with Crippen molar-refractivity contribution >= 4 is 8.81 Å². The van der Waals surface area contributed by atoms with Crippen LogP contribution in [0.25, 0.3) is 0 Å². The molecule has 0 aliphatic rings. The lowest BCUT2D eigenvalue weighted by atomic mass is 10.1. The predicted molar refractivity (Wildman–Crippen MR) is 139 cm³/mol. The average molecular weight is 442 g/mol. The highest BCUT2D eigenvalue weighted by molar-refractivity contribution is 7.32. The molecule has 180 valence electrons. The first-order valence-electron chi connectivity index (χ1n) is 13.3. The van der Waals surface area contributed by atoms with E-state index in [9.17, 15) is 0 Å². The van der Waals surface area contributed by atoms with Crippen molar-refractivity contribution in [1.29, 1.82) is 0 Å². The van der Waals surface area contributed by atoms with Gasteiger partial charge in [0.25, 0.3) is 0 Å². The highest BCUT2D eigenvalue weighted by Crippen LogP contribution is 2.17. The van der Waals surface area contributed by atoms with E-state index < -0.39 is 0 Å². The van der Waals surface area contributed by atoms with Gasteiger partial charge in [-0.05, 0) is 25.7 Å². The van der Waals surface area contributed by atoms with Crippen LogP contribution in [0.2, 0.25) is 0 Å². The second-order valence-corrected chi connectivity index (χ2v) is 11.0. The van der Waals surface area contributed by atoms with E-state index in [-0.39, 0.29) is 0 Å². The van der Waals surface area contributed by atoms with E-state index in [0.29, 0.717) is 0 Å². The summed E-state index contributed by atoms with van der Waals surface area (Å²) in [5, 5.41) is 0. The molecular formula is C27H56NOP. The second-order valence-electron chi connectivity index (χ2n) is 10.1. The first-order valence-corrected chi connectivity index (χ1v) is 14.3. The summed E-state index contributed by atoms with van der Waals surface area (Å²) < 4.78 is 6.69. The maximum atomic E-state index is 5.70. The molecule has 0 unspecified atom stereocenters. The second kappa shape index (κ2) is 23.7. The molecule has 0 bridgehead atoms. The summed E-state index contributed by atoms with van der Waals surface area (Å²) in [5.41, 5.74) is 0. The Balaban J connectivity index is 3.09. The lowest BCUT2D eigenvalue weighted by Gasteiger charge is -2.27. The molecule has 0 atom stereocenters. The first kappa shape index (κ1) is 30.1. The first-order chi connectivity index (χ1) is 14.6. The minimum atomic E-state index is 0.889. The van der Waals surface area contributed by atoms with Gasteiger partial charge in [-0.3, -0.25) is 0 Å². The summed E-state index contributed by atoms with van der Waals surface area (Å²) in [4.78, 5) is 0. The standard InChI is InChI=1S/C27H56NOP/c1-5-6-7-8-9-10-11-12-13-14-15-16-17-18-19-20-21-22-23-24-27-30-29-26-25-28(2,3)4/h12-13H,5-11,14-27H2,1-4H3/b13-12-. The zero-order chi connectivity index (χ0) is 22.2. The number of unbranched alkanes of at least 4 members (excludes halogenated alkanes) is 16. The normalized spacial score (nSPS) is 12.7. The number of rotatable bonds is 24. The molecule has 0 aromatic heterocycles. The largest absolute Gasteiger partial charge is 0.553 e. The summed E-state index contributed by atoms with van der Waals surface area (Å²) in [7, 11) is 7.85. The minimum Gasteiger partial charge on any atom is -0.553 e. The van der Waals surface area contributed by atoms with Gasteiger partial charge in [-0.1, -0.05) is 109 Å². The van der Waals surface area contributed by atoms with Crippen LogP contribution in [0.1, 0.15) is 122 Å². The third-order valence-electron chi connectivity index (χ3n) is 5.71. The summed E-state index contributed by atoms with van der Waals surface area (Å²) in [6, 6.07) is 0. The number of nitrogens with zero attached hydrogens (tertiary/aromatic N) is 1. The molecule has 0 N–H and O–H groups in total. The van der Waals surface area contributed by atoms with Gasteiger partial charge in [-0.25, -0.2) is 0 Å². The van der Waals surface area contributed by atoms with Crippen LogP contribution in [-0.2, 0) is 4.52 Å². The topological polar surface area (TPSA) is 9.23 Å². The Morgan fingerprint density at radius 3 is 1.50 bits per heavy atom. The van der Waals surface area contributed by atoms with Crippen LogP contribution < -0.4 is 0 Å². The lowest BCUT2D eigenvalue weighted by molar-refractivity contribution is -0.870. The summed E-state index contributed by atoms with van der Waals surface area (Å²) in [6.45, 7) is 4.28. The van der Waals surface area contributed by atoms with Gasteiger partial charge in [0.2, 0.25) is 0 Å². The number of hydrogen-bond donors (Lipinski definition) is 0. The van der Waals surface area contributed by atoms with Gasteiger partial charge in [0.05, 0.1) is 34.3 Å². The number of hydrogen-bond acceptors (Lipinski definition) is 1. The average Bonchev–Trinajstić information content (AvgIpc) is 2.70. The van der Waals surface area contributed by atoms with Crippen LogP contribution in [0.5, 0.6) is 0 Å². The van der Waals surface area contributed by atoms with Crippen LogP contribution >= 0.6 is 8.81 Å². The fourth-order valence-corrected chi connectivity index (χ4v) is 4.27. The van der Waals surface area contributed by atoms with E-state index in [1.165, 1.54) is 131 Å². The van der Waals surface area contributed by atoms with Crippen molar-refractivity contribution in [1.82, 2.24) is 0 Å². The van der Waals surface area contributed by atoms with E-state index in [0.717, 1.165) is 17.6 Å². The number of likely N-dealkylation sites (N-methyl/N-ethyl adjacent to an activating group) is 1. The Labute approximate surface area is 193 Å². The Morgan fingerprint density at radius 1 is 0.600 bits per heavy atom. The summed E-state index contributed by atoms with van der Waals surface area (Å²) in [6.07, 6.45) is 31.3. The number of quaternary nitrogens is 1. The zero-order valence-electron chi connectivity index (χ0n) is 21.3. The molecule has 0 heterocycles. The van der Waals surface area contributed by atoms with Gasteiger partial charge in [-0.2, -0.15) is 6.16 Å². The molecule has 0 aromatic carbocycles. The lowest BCUT2D eigenvalue weighted by Crippen LogP contribution is -2.37. The zero-order valence-corrected chi connectivity index (χ0v) is 22.2. The Hall–Kier alpha value is 0.0900. The van der Waals surface area contributed by atoms with Crippen molar-refractivity contribution in [3.63, 3.8) is 0 Å². The molecular weight excluding hydrogens is 385 g/mol. The molecule has 0 aromatic rings. The highest BCUT2D eigenvalue weighted by Gasteiger charge is 2.03. The quantitative estimate of drug-likeness (QED) is 0.0627. The molecule has 0 aliphatic carbocycles. The van der Waals surface area contributed by atoms with Gasteiger partial charge in [0, 0.05) is 0 Å². The SMILES string of the molecule is CCCCCCCC/C=C\CCCCCCCCCCCC[P-]OCC[N+](C)(C)C. The van der Waals surface area contributed by atoms with Crippen molar-refractivity contribution in [2.24, 2.45) is 0 Å². The van der Waals surface area contributed by atoms with Crippen molar-refractivity contribution in [3.8, 4) is 0 Å². The smallest absolute Gasteiger partial charge is 0.0989 e. The Morgan fingerprint density at radius 2 is 1.03 bits per heavy atom. The van der Waals surface area contributed by atoms with Crippen molar-refractivity contribution in [2.45, 2.75) is 122 Å². The van der Waals surface area contributed by atoms with Crippen LogP contribution in [0.4, 0.5) is 0 Å². The molecule has 30 heavy (non-hydrogen) atoms. The van der Waals surface area contributed by atoms with Crippen LogP contribution in [0.15, 0.2) is 12.2 Å². The molecule has 3 heteroatoms. The van der Waals surface area contributed by atoms with Crippen LogP contribution in [-0.4, -0.2) is 44.9 Å². The molecule has 0 aliphatic heterocycles. The van der Waals surface area contributed by atoms with E-state index >= 15 is 0 Å². The monoisotopic (exact) mass is 441 g/mol. The summed E-state index contributed by atoms with van der Waals surface area (Å²) >= 11 is 0. The third-order valence-corrected chi connectivity index (χ3v) is 6.57. The summed E-state index contributed by atoms with van der Waals surface area (Å²) in [5.74, 6) is 0. The van der Waals surface area contributed by atoms with Gasteiger partial charge in [0.1, 0.15) is 0 Å². The van der Waals surface area contributed by atoms with Gasteiger partial charge >= 0.3 is 0 Å². The predicted octanol–water partition coefficient (Wildman–Crippen LogP) is 9.17. The molecule has 2 nitrogen and oxygen atoms in total. The molecule has 0 saturated carbocycles. The number of allylic oxidation sites excluding steroid dienone is 2. The fourth-order valence-electron chi connectivity index (χ4n) is 3.57. The van der Waals surface area contributed by atoms with E-state index in [1.54, 1.807) is 0 Å². The van der Waals surface area contributed by atoms with E-state index in [1.807, 2.05) is 0 Å².